The second-order valence-electron chi connectivity index (χ2n) is 5.65. The second-order valence-corrected chi connectivity index (χ2v) is 7.03. The highest BCUT2D eigenvalue weighted by molar-refractivity contribution is 7.99. The Morgan fingerprint density at radius 2 is 2.21 bits per heavy atom. The Morgan fingerprint density at radius 3 is 2.88 bits per heavy atom. The predicted octanol–water partition coefficient (Wildman–Crippen LogP) is 3.18. The Balaban J connectivity index is 1.66. The SMILES string of the molecule is O=C(CSc1ncc(CO)n1CC1CCCO1)c1ccc(Cl)cc1. The maximum atomic E-state index is 12.3. The molecule has 5 nitrogen and oxygen atoms in total. The number of ketones is 1. The molecule has 1 fully saturated rings. The van der Waals surface area contributed by atoms with E-state index in [1.165, 1.54) is 11.8 Å². The van der Waals surface area contributed by atoms with Crippen molar-refractivity contribution in [3.05, 3.63) is 46.7 Å². The summed E-state index contributed by atoms with van der Waals surface area (Å²) < 4.78 is 7.62. The zero-order chi connectivity index (χ0) is 16.9. The summed E-state index contributed by atoms with van der Waals surface area (Å²) in [6.45, 7) is 1.37. The van der Waals surface area contributed by atoms with Gasteiger partial charge in [0.15, 0.2) is 10.9 Å². The molecule has 7 heteroatoms. The number of nitrogens with zero attached hydrogens (tertiary/aromatic N) is 2. The van der Waals surface area contributed by atoms with Crippen LogP contribution in [0.1, 0.15) is 28.9 Å². The van der Waals surface area contributed by atoms with Gasteiger partial charge in [-0.05, 0) is 37.1 Å². The van der Waals surface area contributed by atoms with Crippen molar-refractivity contribution < 1.29 is 14.6 Å². The summed E-state index contributed by atoms with van der Waals surface area (Å²) in [6, 6.07) is 6.87. The molecule has 1 N–H and O–H groups in total. The summed E-state index contributed by atoms with van der Waals surface area (Å²) in [7, 11) is 0. The van der Waals surface area contributed by atoms with Gasteiger partial charge in [0.2, 0.25) is 0 Å². The first kappa shape index (κ1) is 17.5. The van der Waals surface area contributed by atoms with E-state index in [1.54, 1.807) is 30.5 Å². The van der Waals surface area contributed by atoms with E-state index >= 15 is 0 Å². The predicted molar refractivity (Wildman–Crippen MR) is 93.6 cm³/mol. The third kappa shape index (κ3) is 4.19. The number of ether oxygens (including phenoxy) is 1. The normalized spacial score (nSPS) is 17.3. The van der Waals surface area contributed by atoms with Crippen LogP contribution in [0.3, 0.4) is 0 Å². The lowest BCUT2D eigenvalue weighted by Crippen LogP contribution is -2.18. The van der Waals surface area contributed by atoms with E-state index in [1.807, 2.05) is 4.57 Å². The fourth-order valence-corrected chi connectivity index (χ4v) is 3.70. The molecule has 24 heavy (non-hydrogen) atoms. The van der Waals surface area contributed by atoms with Gasteiger partial charge in [0.1, 0.15) is 0 Å². The van der Waals surface area contributed by atoms with Crippen LogP contribution in [-0.4, -0.2) is 38.9 Å². The number of carbonyl (C=O) groups excluding carboxylic acids is 1. The number of hydrogen-bond acceptors (Lipinski definition) is 5. The molecule has 0 spiro atoms. The number of rotatable bonds is 7. The van der Waals surface area contributed by atoms with Gasteiger partial charge in [0.05, 0.1) is 36.9 Å². The average molecular weight is 367 g/mol. The molecule has 128 valence electrons. The fourth-order valence-electron chi connectivity index (χ4n) is 2.67. The molecule has 1 aromatic carbocycles. The summed E-state index contributed by atoms with van der Waals surface area (Å²) in [5, 5.41) is 10.8. The van der Waals surface area contributed by atoms with Crippen LogP contribution in [0.2, 0.25) is 5.02 Å². The van der Waals surface area contributed by atoms with Crippen molar-refractivity contribution in [1.82, 2.24) is 9.55 Å². The number of thioether (sulfide) groups is 1. The summed E-state index contributed by atoms with van der Waals surface area (Å²) in [4.78, 5) is 16.6. The number of aromatic nitrogens is 2. The molecule has 1 aliphatic rings. The molecule has 0 saturated carbocycles. The standard InChI is InChI=1S/C17H19ClN2O3S/c18-13-5-3-12(4-6-13)16(22)11-24-17-19-8-14(10-21)20(17)9-15-2-1-7-23-15/h3-6,8,15,21H,1-2,7,9-11H2. The highest BCUT2D eigenvalue weighted by Crippen LogP contribution is 2.23. The van der Waals surface area contributed by atoms with Gasteiger partial charge in [-0.3, -0.25) is 4.79 Å². The zero-order valence-corrected chi connectivity index (χ0v) is 14.7. The van der Waals surface area contributed by atoms with Crippen LogP contribution in [0.25, 0.3) is 0 Å². The number of benzene rings is 1. The summed E-state index contributed by atoms with van der Waals surface area (Å²) in [5.41, 5.74) is 1.37. The summed E-state index contributed by atoms with van der Waals surface area (Å²) >= 11 is 7.22. The molecule has 1 atom stereocenters. The molecule has 1 saturated heterocycles. The molecule has 2 aromatic rings. The van der Waals surface area contributed by atoms with E-state index in [-0.39, 0.29) is 24.2 Å². The first-order chi connectivity index (χ1) is 11.7. The fraction of sp³-hybridized carbons (Fsp3) is 0.412. The number of aliphatic hydroxyl groups is 1. The molecule has 0 aliphatic carbocycles. The van der Waals surface area contributed by atoms with Crippen LogP contribution < -0.4 is 0 Å². The molecule has 1 aromatic heterocycles. The van der Waals surface area contributed by atoms with Crippen molar-refractivity contribution in [2.75, 3.05) is 12.4 Å². The van der Waals surface area contributed by atoms with Crippen molar-refractivity contribution in [2.24, 2.45) is 0 Å². The van der Waals surface area contributed by atoms with E-state index in [4.69, 9.17) is 16.3 Å². The lowest BCUT2D eigenvalue weighted by Gasteiger charge is -2.15. The van der Waals surface area contributed by atoms with Crippen LogP contribution in [0.5, 0.6) is 0 Å². The number of imidazole rings is 1. The Bertz CT molecular complexity index is 696. The maximum absolute atomic E-state index is 12.3. The van der Waals surface area contributed by atoms with Crippen molar-refractivity contribution >= 4 is 29.1 Å². The largest absolute Gasteiger partial charge is 0.390 e. The van der Waals surface area contributed by atoms with Crippen LogP contribution in [-0.2, 0) is 17.9 Å². The molecule has 3 rings (SSSR count). The third-order valence-corrected chi connectivity index (χ3v) is 5.21. The van der Waals surface area contributed by atoms with Gasteiger partial charge in [-0.1, -0.05) is 23.4 Å². The second kappa shape index (κ2) is 8.16. The number of Topliss-reactive ketones (excluding diaryl/α,β-unsaturated/α-hetero) is 1. The lowest BCUT2D eigenvalue weighted by molar-refractivity contribution is 0.0930. The van der Waals surface area contributed by atoms with Gasteiger partial charge < -0.3 is 14.4 Å². The van der Waals surface area contributed by atoms with Crippen molar-refractivity contribution in [1.29, 1.82) is 0 Å². The van der Waals surface area contributed by atoms with Crippen molar-refractivity contribution in [3.63, 3.8) is 0 Å². The van der Waals surface area contributed by atoms with E-state index in [0.29, 0.717) is 17.1 Å². The van der Waals surface area contributed by atoms with Crippen LogP contribution in [0, 0.1) is 0 Å². The van der Waals surface area contributed by atoms with Crippen molar-refractivity contribution in [3.8, 4) is 0 Å². The minimum Gasteiger partial charge on any atom is -0.390 e. The summed E-state index contributed by atoms with van der Waals surface area (Å²) in [6.07, 6.45) is 3.88. The molecular formula is C17H19ClN2O3S. The van der Waals surface area contributed by atoms with Gasteiger partial charge in [0.25, 0.3) is 0 Å². The molecule has 0 radical (unpaired) electrons. The zero-order valence-electron chi connectivity index (χ0n) is 13.2. The molecule has 0 bridgehead atoms. The topological polar surface area (TPSA) is 64.3 Å². The van der Waals surface area contributed by atoms with Crippen LogP contribution in [0.15, 0.2) is 35.6 Å². The van der Waals surface area contributed by atoms with Gasteiger partial charge >= 0.3 is 0 Å². The Labute approximate surface area is 150 Å². The van der Waals surface area contributed by atoms with Gasteiger partial charge in [0, 0.05) is 17.2 Å². The monoisotopic (exact) mass is 366 g/mol. The Morgan fingerprint density at radius 1 is 1.42 bits per heavy atom. The van der Waals surface area contributed by atoms with Gasteiger partial charge in [-0.25, -0.2) is 4.98 Å². The smallest absolute Gasteiger partial charge is 0.173 e. The number of halogens is 1. The van der Waals surface area contributed by atoms with Crippen LogP contribution in [0.4, 0.5) is 0 Å². The van der Waals surface area contributed by atoms with Crippen molar-refractivity contribution in [2.45, 2.75) is 37.3 Å². The molecule has 1 unspecified atom stereocenters. The molecule has 1 aliphatic heterocycles. The van der Waals surface area contributed by atoms with E-state index in [9.17, 15) is 9.90 Å². The van der Waals surface area contributed by atoms with Crippen LogP contribution >= 0.6 is 23.4 Å². The molecular weight excluding hydrogens is 348 g/mol. The quantitative estimate of drug-likeness (QED) is 0.602. The Kier molecular flexibility index (Phi) is 5.94. The van der Waals surface area contributed by atoms with E-state index in [0.717, 1.165) is 30.3 Å². The minimum atomic E-state index is -0.0780. The first-order valence-corrected chi connectivity index (χ1v) is 9.22. The lowest BCUT2D eigenvalue weighted by atomic mass is 10.1. The Hall–Kier alpha value is -1.34. The first-order valence-electron chi connectivity index (χ1n) is 7.86. The number of carbonyl (C=O) groups is 1. The highest BCUT2D eigenvalue weighted by Gasteiger charge is 2.20. The maximum Gasteiger partial charge on any atom is 0.173 e. The van der Waals surface area contributed by atoms with Gasteiger partial charge in [-0.15, -0.1) is 0 Å². The van der Waals surface area contributed by atoms with Gasteiger partial charge in [-0.2, -0.15) is 0 Å². The van der Waals surface area contributed by atoms with E-state index < -0.39 is 0 Å². The van der Waals surface area contributed by atoms with E-state index in [2.05, 4.69) is 4.98 Å². The average Bonchev–Trinajstić information content (AvgIpc) is 3.23. The summed E-state index contributed by atoms with van der Waals surface area (Å²) in [5.74, 6) is 0.309. The number of hydrogen-bond donors (Lipinski definition) is 1. The third-order valence-electron chi connectivity index (χ3n) is 3.97. The number of aliphatic hydroxyl groups excluding tert-OH is 1. The highest BCUT2D eigenvalue weighted by atomic mass is 35.5. The molecule has 2 heterocycles. The molecule has 0 amide bonds. The minimum absolute atomic E-state index is 0.0221.